The van der Waals surface area contributed by atoms with Crippen LogP contribution in [0.15, 0.2) is 48.5 Å². The van der Waals surface area contributed by atoms with Gasteiger partial charge >= 0.3 is 0 Å². The largest absolute Gasteiger partial charge is 0.494 e. The monoisotopic (exact) mass is 499 g/mol. The first-order chi connectivity index (χ1) is 16.9. The molecule has 35 heavy (non-hydrogen) atoms. The van der Waals surface area contributed by atoms with Crippen LogP contribution in [0.25, 0.3) is 0 Å². The molecular weight excluding hydrogens is 462 g/mol. The lowest BCUT2D eigenvalue weighted by atomic mass is 10.0. The SMILES string of the molecule is CC(C)NC(=O)CN1CCN(CCCCCCOc2ccc(C(=O)c3ccc(Cl)cc3)cc2)CC1. The number of nitrogens with one attached hydrogen (secondary N) is 1. The fourth-order valence-electron chi connectivity index (χ4n) is 4.19. The maximum Gasteiger partial charge on any atom is 0.234 e. The summed E-state index contributed by atoms with van der Waals surface area (Å²) in [6, 6.07) is 14.5. The molecule has 0 atom stereocenters. The van der Waals surface area contributed by atoms with Crippen LogP contribution in [0.2, 0.25) is 5.02 Å². The number of nitrogens with zero attached hydrogens (tertiary/aromatic N) is 2. The highest BCUT2D eigenvalue weighted by Crippen LogP contribution is 2.17. The zero-order valence-electron chi connectivity index (χ0n) is 21.0. The normalized spacial score (nSPS) is 14.7. The van der Waals surface area contributed by atoms with Gasteiger partial charge in [0.1, 0.15) is 5.75 Å². The lowest BCUT2D eigenvalue weighted by Gasteiger charge is -2.34. The number of rotatable bonds is 13. The maximum absolute atomic E-state index is 12.5. The highest BCUT2D eigenvalue weighted by Gasteiger charge is 2.18. The van der Waals surface area contributed by atoms with E-state index in [1.165, 1.54) is 12.8 Å². The number of benzene rings is 2. The van der Waals surface area contributed by atoms with Crippen molar-refractivity contribution >= 4 is 23.3 Å². The summed E-state index contributed by atoms with van der Waals surface area (Å²) in [7, 11) is 0. The molecule has 7 heteroatoms. The second-order valence-electron chi connectivity index (χ2n) is 9.46. The summed E-state index contributed by atoms with van der Waals surface area (Å²) in [5.41, 5.74) is 1.26. The fraction of sp³-hybridized carbons (Fsp3) is 0.500. The zero-order valence-corrected chi connectivity index (χ0v) is 21.7. The average molecular weight is 500 g/mol. The van der Waals surface area contributed by atoms with Crippen LogP contribution in [-0.2, 0) is 4.79 Å². The molecule has 6 nitrogen and oxygen atoms in total. The second-order valence-corrected chi connectivity index (χ2v) is 9.90. The van der Waals surface area contributed by atoms with E-state index in [0.29, 0.717) is 29.3 Å². The van der Waals surface area contributed by atoms with E-state index in [1.54, 1.807) is 24.3 Å². The minimum Gasteiger partial charge on any atom is -0.494 e. The Kier molecular flexibility index (Phi) is 11.0. The van der Waals surface area contributed by atoms with Crippen molar-refractivity contribution in [3.63, 3.8) is 0 Å². The van der Waals surface area contributed by atoms with Crippen LogP contribution >= 0.6 is 11.6 Å². The Hall–Kier alpha value is -2.41. The van der Waals surface area contributed by atoms with Gasteiger partial charge in [0.25, 0.3) is 0 Å². The van der Waals surface area contributed by atoms with Gasteiger partial charge in [0.15, 0.2) is 5.78 Å². The third-order valence-electron chi connectivity index (χ3n) is 6.14. The third kappa shape index (κ3) is 9.63. The number of halogens is 1. The van der Waals surface area contributed by atoms with Crippen LogP contribution in [0.1, 0.15) is 55.5 Å². The fourth-order valence-corrected chi connectivity index (χ4v) is 4.32. The average Bonchev–Trinajstić information content (AvgIpc) is 2.84. The Labute approximate surface area is 214 Å². The van der Waals surface area contributed by atoms with Gasteiger partial charge in [0, 0.05) is 48.4 Å². The standard InChI is InChI=1S/C28H38ClN3O3/c1-22(2)30-27(33)21-32-18-16-31(17-19-32)15-5-3-4-6-20-35-26-13-9-24(10-14-26)28(34)23-7-11-25(29)12-8-23/h7-14,22H,3-6,15-21H2,1-2H3,(H,30,33). The number of carbonyl (C=O) groups excluding carboxylic acids is 2. The molecule has 2 aromatic carbocycles. The minimum absolute atomic E-state index is 0.0220. The van der Waals surface area contributed by atoms with Gasteiger partial charge in [-0.15, -0.1) is 0 Å². The molecule has 0 saturated carbocycles. The van der Waals surface area contributed by atoms with Crippen molar-refractivity contribution in [1.82, 2.24) is 15.1 Å². The molecule has 0 aliphatic carbocycles. The molecule has 0 bridgehead atoms. The number of piperazine rings is 1. The predicted molar refractivity (Wildman–Crippen MR) is 141 cm³/mol. The van der Waals surface area contributed by atoms with Crippen molar-refractivity contribution in [2.45, 2.75) is 45.6 Å². The number of hydrogen-bond donors (Lipinski definition) is 1. The molecule has 1 heterocycles. The first kappa shape index (κ1) is 27.2. The third-order valence-corrected chi connectivity index (χ3v) is 6.39. The number of ether oxygens (including phenoxy) is 1. The van der Waals surface area contributed by atoms with Crippen LogP contribution in [0, 0.1) is 0 Å². The Morgan fingerprint density at radius 3 is 2.06 bits per heavy atom. The second kappa shape index (κ2) is 14.2. The first-order valence-corrected chi connectivity index (χ1v) is 13.1. The molecule has 2 aromatic rings. The van der Waals surface area contributed by atoms with E-state index in [2.05, 4.69) is 15.1 Å². The number of carbonyl (C=O) groups is 2. The summed E-state index contributed by atoms with van der Waals surface area (Å²) in [6.07, 6.45) is 4.54. The Morgan fingerprint density at radius 2 is 1.43 bits per heavy atom. The van der Waals surface area contributed by atoms with Gasteiger partial charge in [-0.2, -0.15) is 0 Å². The van der Waals surface area contributed by atoms with Gasteiger partial charge < -0.3 is 15.0 Å². The van der Waals surface area contributed by atoms with Crippen LogP contribution in [-0.4, -0.2) is 73.4 Å². The quantitative estimate of drug-likeness (QED) is 0.321. The van der Waals surface area contributed by atoms with Crippen LogP contribution in [0.5, 0.6) is 5.75 Å². The molecule has 0 aromatic heterocycles. The van der Waals surface area contributed by atoms with Gasteiger partial charge in [-0.25, -0.2) is 0 Å². The van der Waals surface area contributed by atoms with E-state index in [9.17, 15) is 9.59 Å². The van der Waals surface area contributed by atoms with Gasteiger partial charge in [-0.05, 0) is 81.8 Å². The van der Waals surface area contributed by atoms with Crippen LogP contribution in [0.3, 0.4) is 0 Å². The van der Waals surface area contributed by atoms with E-state index in [1.807, 2.05) is 38.1 Å². The lowest BCUT2D eigenvalue weighted by molar-refractivity contribution is -0.123. The van der Waals surface area contributed by atoms with Gasteiger partial charge in [-0.1, -0.05) is 24.4 Å². The summed E-state index contributed by atoms with van der Waals surface area (Å²) in [5, 5.41) is 3.58. The van der Waals surface area contributed by atoms with E-state index in [-0.39, 0.29) is 17.7 Å². The zero-order chi connectivity index (χ0) is 25.0. The minimum atomic E-state index is -0.0220. The van der Waals surface area contributed by atoms with Crippen molar-refractivity contribution in [2.75, 3.05) is 45.9 Å². The molecule has 1 fully saturated rings. The molecule has 1 amide bonds. The Morgan fingerprint density at radius 1 is 0.857 bits per heavy atom. The van der Waals surface area contributed by atoms with E-state index < -0.39 is 0 Å². The topological polar surface area (TPSA) is 61.9 Å². The molecule has 1 N–H and O–H groups in total. The van der Waals surface area contributed by atoms with Crippen molar-refractivity contribution < 1.29 is 14.3 Å². The highest BCUT2D eigenvalue weighted by atomic mass is 35.5. The van der Waals surface area contributed by atoms with Crippen LogP contribution < -0.4 is 10.1 Å². The molecule has 1 aliphatic rings. The van der Waals surface area contributed by atoms with E-state index in [0.717, 1.165) is 51.3 Å². The molecule has 190 valence electrons. The van der Waals surface area contributed by atoms with Gasteiger partial charge in [-0.3, -0.25) is 14.5 Å². The Bertz CT molecular complexity index is 923. The van der Waals surface area contributed by atoms with Gasteiger partial charge in [0.2, 0.25) is 5.91 Å². The van der Waals surface area contributed by atoms with Crippen LogP contribution in [0.4, 0.5) is 0 Å². The van der Waals surface area contributed by atoms with Crippen molar-refractivity contribution in [1.29, 1.82) is 0 Å². The molecule has 0 radical (unpaired) electrons. The Balaban J connectivity index is 1.23. The number of hydrogen-bond acceptors (Lipinski definition) is 5. The van der Waals surface area contributed by atoms with Crippen molar-refractivity contribution in [2.24, 2.45) is 0 Å². The number of unbranched alkanes of at least 4 members (excludes halogenated alkanes) is 3. The molecule has 1 aliphatic heterocycles. The van der Waals surface area contributed by atoms with Crippen molar-refractivity contribution in [3.05, 3.63) is 64.7 Å². The summed E-state index contributed by atoms with van der Waals surface area (Å²) in [4.78, 5) is 29.2. The maximum atomic E-state index is 12.5. The summed E-state index contributed by atoms with van der Waals surface area (Å²) >= 11 is 5.89. The molecule has 3 rings (SSSR count). The first-order valence-electron chi connectivity index (χ1n) is 12.7. The smallest absolute Gasteiger partial charge is 0.234 e. The van der Waals surface area contributed by atoms with Gasteiger partial charge in [0.05, 0.1) is 13.2 Å². The molecule has 0 unspecified atom stereocenters. The number of ketones is 1. The number of amides is 1. The predicted octanol–water partition coefficient (Wildman–Crippen LogP) is 4.65. The lowest BCUT2D eigenvalue weighted by Crippen LogP contribution is -2.50. The highest BCUT2D eigenvalue weighted by molar-refractivity contribution is 6.30. The summed E-state index contributed by atoms with van der Waals surface area (Å²) < 4.78 is 5.85. The molecular formula is C28H38ClN3O3. The van der Waals surface area contributed by atoms with Crippen molar-refractivity contribution in [3.8, 4) is 5.75 Å². The molecule has 0 spiro atoms. The molecule has 1 saturated heterocycles. The summed E-state index contributed by atoms with van der Waals surface area (Å²) in [5.74, 6) is 0.891. The van der Waals surface area contributed by atoms with E-state index in [4.69, 9.17) is 16.3 Å². The summed E-state index contributed by atoms with van der Waals surface area (Å²) in [6.45, 7) is 10.3. The van der Waals surface area contributed by atoms with E-state index >= 15 is 0 Å².